The monoisotopic (exact) mass is 173 g/mol. The van der Waals surface area contributed by atoms with E-state index in [2.05, 4.69) is 0 Å². The summed E-state index contributed by atoms with van der Waals surface area (Å²) < 4.78 is 10.5. The average Bonchev–Trinajstić information content (AvgIpc) is 2.09. The first-order chi connectivity index (χ1) is 5.83. The van der Waals surface area contributed by atoms with E-state index in [1.54, 1.807) is 7.11 Å². The van der Waals surface area contributed by atoms with Crippen LogP contribution in [0.2, 0.25) is 0 Å². The second-order valence-corrected chi connectivity index (χ2v) is 3.40. The second kappa shape index (κ2) is 5.51. The topological polar surface area (TPSA) is 44.5 Å². The lowest BCUT2D eigenvalue weighted by Crippen LogP contribution is -2.30. The predicted octanol–water partition coefficient (Wildman–Crippen LogP) is 0.919. The van der Waals surface area contributed by atoms with Crippen LogP contribution in [0.3, 0.4) is 0 Å². The van der Waals surface area contributed by atoms with E-state index in [4.69, 9.17) is 15.2 Å². The van der Waals surface area contributed by atoms with Crippen molar-refractivity contribution in [1.82, 2.24) is 0 Å². The number of hydrogen-bond donors (Lipinski definition) is 1. The van der Waals surface area contributed by atoms with Crippen LogP contribution in [-0.2, 0) is 9.47 Å². The fraction of sp³-hybridized carbons (Fsp3) is 1.00. The van der Waals surface area contributed by atoms with Crippen LogP contribution in [-0.4, -0.2) is 32.5 Å². The number of ether oxygens (including phenoxy) is 2. The molecule has 0 aliphatic heterocycles. The molecule has 1 aliphatic carbocycles. The molecule has 1 fully saturated rings. The lowest BCUT2D eigenvalue weighted by molar-refractivity contribution is -0.00241. The third-order valence-corrected chi connectivity index (χ3v) is 2.36. The van der Waals surface area contributed by atoms with E-state index < -0.39 is 0 Å². The fourth-order valence-corrected chi connectivity index (χ4v) is 1.55. The summed E-state index contributed by atoms with van der Waals surface area (Å²) in [6.45, 7) is 1.42. The van der Waals surface area contributed by atoms with Gasteiger partial charge in [0.1, 0.15) is 0 Å². The maximum absolute atomic E-state index is 5.77. The largest absolute Gasteiger partial charge is 0.382 e. The van der Waals surface area contributed by atoms with Crippen molar-refractivity contribution < 1.29 is 9.47 Å². The van der Waals surface area contributed by atoms with Crippen LogP contribution < -0.4 is 5.73 Å². The zero-order valence-corrected chi connectivity index (χ0v) is 7.79. The van der Waals surface area contributed by atoms with Gasteiger partial charge in [0, 0.05) is 13.2 Å². The average molecular weight is 173 g/mol. The van der Waals surface area contributed by atoms with E-state index in [-0.39, 0.29) is 0 Å². The molecule has 1 saturated carbocycles. The minimum Gasteiger partial charge on any atom is -0.382 e. The highest BCUT2D eigenvalue weighted by Gasteiger charge is 2.18. The Morgan fingerprint density at radius 3 is 2.42 bits per heavy atom. The van der Waals surface area contributed by atoms with Gasteiger partial charge in [-0.3, -0.25) is 0 Å². The van der Waals surface area contributed by atoms with Gasteiger partial charge in [0.25, 0.3) is 0 Å². The van der Waals surface area contributed by atoms with E-state index >= 15 is 0 Å². The standard InChI is InChI=1S/C9H19NO2/c1-11-6-7-12-9-4-2-8(10)3-5-9/h8-9H,2-7,10H2,1H3/t8-,9+. The minimum atomic E-state index is 0.410. The Morgan fingerprint density at radius 2 is 1.83 bits per heavy atom. The van der Waals surface area contributed by atoms with Crippen molar-refractivity contribution >= 4 is 0 Å². The van der Waals surface area contributed by atoms with Gasteiger partial charge in [0.05, 0.1) is 19.3 Å². The molecule has 72 valence electrons. The first-order valence-electron chi connectivity index (χ1n) is 4.69. The van der Waals surface area contributed by atoms with Gasteiger partial charge in [-0.15, -0.1) is 0 Å². The van der Waals surface area contributed by atoms with Gasteiger partial charge in [-0.2, -0.15) is 0 Å². The van der Waals surface area contributed by atoms with Crippen LogP contribution in [0.25, 0.3) is 0 Å². The zero-order valence-electron chi connectivity index (χ0n) is 7.79. The third-order valence-electron chi connectivity index (χ3n) is 2.36. The molecule has 12 heavy (non-hydrogen) atoms. The number of methoxy groups -OCH3 is 1. The van der Waals surface area contributed by atoms with E-state index in [1.165, 1.54) is 0 Å². The number of nitrogens with two attached hydrogens (primary N) is 1. The van der Waals surface area contributed by atoms with Crippen molar-refractivity contribution in [3.05, 3.63) is 0 Å². The number of rotatable bonds is 4. The van der Waals surface area contributed by atoms with Gasteiger partial charge >= 0.3 is 0 Å². The van der Waals surface area contributed by atoms with Crippen molar-refractivity contribution in [2.24, 2.45) is 5.73 Å². The van der Waals surface area contributed by atoms with Crippen LogP contribution in [0.5, 0.6) is 0 Å². The Kier molecular flexibility index (Phi) is 4.58. The normalized spacial score (nSPS) is 30.5. The molecule has 0 heterocycles. The van der Waals surface area contributed by atoms with Gasteiger partial charge < -0.3 is 15.2 Å². The van der Waals surface area contributed by atoms with E-state index in [0.717, 1.165) is 32.3 Å². The SMILES string of the molecule is COCCO[C@H]1CC[C@@H](N)CC1. The summed E-state index contributed by atoms with van der Waals surface area (Å²) >= 11 is 0. The van der Waals surface area contributed by atoms with E-state index in [9.17, 15) is 0 Å². The molecule has 0 aromatic heterocycles. The molecule has 0 spiro atoms. The van der Waals surface area contributed by atoms with Crippen LogP contribution in [0.4, 0.5) is 0 Å². The van der Waals surface area contributed by atoms with Gasteiger partial charge in [-0.25, -0.2) is 0 Å². The molecular formula is C9H19NO2. The predicted molar refractivity (Wildman–Crippen MR) is 48.1 cm³/mol. The lowest BCUT2D eigenvalue weighted by Gasteiger charge is -2.25. The molecule has 3 nitrogen and oxygen atoms in total. The highest BCUT2D eigenvalue weighted by atomic mass is 16.5. The highest BCUT2D eigenvalue weighted by Crippen LogP contribution is 2.19. The summed E-state index contributed by atoms with van der Waals surface area (Å²) in [6.07, 6.45) is 4.88. The second-order valence-electron chi connectivity index (χ2n) is 3.40. The third kappa shape index (κ3) is 3.52. The van der Waals surface area contributed by atoms with Gasteiger partial charge in [0.15, 0.2) is 0 Å². The van der Waals surface area contributed by atoms with Crippen molar-refractivity contribution in [2.45, 2.75) is 37.8 Å². The molecule has 1 rings (SSSR count). The smallest absolute Gasteiger partial charge is 0.0704 e. The lowest BCUT2D eigenvalue weighted by atomic mass is 9.94. The van der Waals surface area contributed by atoms with Gasteiger partial charge in [-0.05, 0) is 25.7 Å². The summed E-state index contributed by atoms with van der Waals surface area (Å²) in [5.41, 5.74) is 5.77. The van der Waals surface area contributed by atoms with E-state index in [0.29, 0.717) is 18.8 Å². The molecule has 0 aromatic carbocycles. The summed E-state index contributed by atoms with van der Waals surface area (Å²) in [4.78, 5) is 0. The van der Waals surface area contributed by atoms with Gasteiger partial charge in [-0.1, -0.05) is 0 Å². The maximum atomic E-state index is 5.77. The van der Waals surface area contributed by atoms with Crippen molar-refractivity contribution in [2.75, 3.05) is 20.3 Å². The Morgan fingerprint density at radius 1 is 1.17 bits per heavy atom. The van der Waals surface area contributed by atoms with Crippen LogP contribution in [0.1, 0.15) is 25.7 Å². The molecule has 3 heteroatoms. The van der Waals surface area contributed by atoms with Crippen LogP contribution >= 0.6 is 0 Å². The molecule has 0 saturated heterocycles. The molecule has 0 bridgehead atoms. The Balaban J connectivity index is 2.01. The van der Waals surface area contributed by atoms with Crippen molar-refractivity contribution in [3.63, 3.8) is 0 Å². The van der Waals surface area contributed by atoms with Gasteiger partial charge in [0.2, 0.25) is 0 Å². The number of hydrogen-bond acceptors (Lipinski definition) is 3. The van der Waals surface area contributed by atoms with Crippen molar-refractivity contribution in [1.29, 1.82) is 0 Å². The molecular weight excluding hydrogens is 154 g/mol. The maximum Gasteiger partial charge on any atom is 0.0704 e. The summed E-state index contributed by atoms with van der Waals surface area (Å²) in [5.74, 6) is 0. The Labute approximate surface area is 74.2 Å². The molecule has 0 aromatic rings. The Bertz CT molecular complexity index is 111. The first-order valence-corrected chi connectivity index (χ1v) is 4.69. The Hall–Kier alpha value is -0.120. The van der Waals surface area contributed by atoms with Crippen molar-refractivity contribution in [3.8, 4) is 0 Å². The van der Waals surface area contributed by atoms with E-state index in [1.807, 2.05) is 0 Å². The molecule has 2 N–H and O–H groups in total. The summed E-state index contributed by atoms with van der Waals surface area (Å²) in [7, 11) is 1.69. The fourth-order valence-electron chi connectivity index (χ4n) is 1.55. The summed E-state index contributed by atoms with van der Waals surface area (Å²) in [6, 6.07) is 0.410. The summed E-state index contributed by atoms with van der Waals surface area (Å²) in [5, 5.41) is 0. The molecule has 1 aliphatic rings. The minimum absolute atomic E-state index is 0.410. The quantitative estimate of drug-likeness (QED) is 0.643. The molecule has 0 unspecified atom stereocenters. The van der Waals surface area contributed by atoms with Crippen LogP contribution in [0, 0.1) is 0 Å². The highest BCUT2D eigenvalue weighted by molar-refractivity contribution is 4.74. The first kappa shape index (κ1) is 9.96. The molecule has 0 atom stereocenters. The van der Waals surface area contributed by atoms with Crippen LogP contribution in [0.15, 0.2) is 0 Å². The zero-order chi connectivity index (χ0) is 8.81. The molecule has 0 amide bonds. The molecule has 0 radical (unpaired) electrons.